The van der Waals surface area contributed by atoms with Crippen LogP contribution in [0.4, 0.5) is 18.9 Å². The Hall–Kier alpha value is -3.28. The summed E-state index contributed by atoms with van der Waals surface area (Å²) in [6.07, 6.45) is -4.06. The van der Waals surface area contributed by atoms with Crippen molar-refractivity contribution in [1.82, 2.24) is 0 Å². The molecule has 1 aliphatic heterocycles. The zero-order valence-corrected chi connectivity index (χ0v) is 16.4. The van der Waals surface area contributed by atoms with Crippen LogP contribution in [0.3, 0.4) is 0 Å². The Bertz CT molecular complexity index is 1030. The Kier molecular flexibility index (Phi) is 5.48. The molecule has 0 fully saturated rings. The summed E-state index contributed by atoms with van der Waals surface area (Å²) in [5.74, 6) is 0.749. The molecule has 30 heavy (non-hydrogen) atoms. The fourth-order valence-corrected chi connectivity index (χ4v) is 3.70. The minimum atomic E-state index is -4.43. The summed E-state index contributed by atoms with van der Waals surface area (Å²) in [5.41, 5.74) is 1.95. The van der Waals surface area contributed by atoms with E-state index in [-0.39, 0.29) is 5.56 Å². The van der Waals surface area contributed by atoms with Crippen LogP contribution in [0.2, 0.25) is 0 Å². The van der Waals surface area contributed by atoms with Crippen molar-refractivity contribution >= 4 is 11.4 Å². The number of nitrogens with zero attached hydrogens (tertiary/aromatic N) is 2. The SMILES string of the molecule is CCOc1ccc(C2=NN(c3ccccc3)[C@H](c3ccccc3C(F)(F)F)C2)cc1. The maximum absolute atomic E-state index is 13.7. The lowest BCUT2D eigenvalue weighted by Crippen LogP contribution is -2.22. The highest BCUT2D eigenvalue weighted by molar-refractivity contribution is 6.03. The molecule has 0 radical (unpaired) electrons. The Morgan fingerprint density at radius 2 is 1.60 bits per heavy atom. The van der Waals surface area contributed by atoms with Gasteiger partial charge in [-0.05, 0) is 60.5 Å². The number of alkyl halides is 3. The molecule has 3 aromatic carbocycles. The molecule has 1 heterocycles. The molecule has 3 aromatic rings. The highest BCUT2D eigenvalue weighted by atomic mass is 19.4. The summed E-state index contributed by atoms with van der Waals surface area (Å²) in [6.45, 7) is 2.48. The van der Waals surface area contributed by atoms with Crippen LogP contribution in [-0.4, -0.2) is 12.3 Å². The molecule has 1 aliphatic rings. The summed E-state index contributed by atoms with van der Waals surface area (Å²) in [4.78, 5) is 0. The third kappa shape index (κ3) is 4.03. The van der Waals surface area contributed by atoms with Gasteiger partial charge in [-0.15, -0.1) is 0 Å². The smallest absolute Gasteiger partial charge is 0.416 e. The van der Waals surface area contributed by atoms with Gasteiger partial charge < -0.3 is 4.74 Å². The van der Waals surface area contributed by atoms with Gasteiger partial charge in [0.2, 0.25) is 0 Å². The van der Waals surface area contributed by atoms with Crippen LogP contribution < -0.4 is 9.75 Å². The van der Waals surface area contributed by atoms with E-state index in [1.165, 1.54) is 6.07 Å². The van der Waals surface area contributed by atoms with Gasteiger partial charge in [-0.25, -0.2) is 0 Å². The molecule has 0 saturated carbocycles. The van der Waals surface area contributed by atoms with E-state index in [1.54, 1.807) is 17.1 Å². The molecule has 4 rings (SSSR count). The average Bonchev–Trinajstić information content (AvgIpc) is 3.20. The van der Waals surface area contributed by atoms with Gasteiger partial charge in [-0.1, -0.05) is 36.4 Å². The van der Waals surface area contributed by atoms with E-state index in [0.29, 0.717) is 13.0 Å². The van der Waals surface area contributed by atoms with E-state index >= 15 is 0 Å². The zero-order chi connectivity index (χ0) is 21.1. The number of ether oxygens (including phenoxy) is 1. The minimum absolute atomic E-state index is 0.221. The van der Waals surface area contributed by atoms with Gasteiger partial charge in [0, 0.05) is 6.42 Å². The highest BCUT2D eigenvalue weighted by Gasteiger charge is 2.39. The molecule has 1 atom stereocenters. The zero-order valence-electron chi connectivity index (χ0n) is 16.4. The fraction of sp³-hybridized carbons (Fsp3) is 0.208. The highest BCUT2D eigenvalue weighted by Crippen LogP contribution is 2.42. The first kappa shape index (κ1) is 20.0. The number of para-hydroxylation sites is 1. The molecule has 0 aliphatic carbocycles. The summed E-state index contributed by atoms with van der Waals surface area (Å²) < 4.78 is 46.6. The molecular weight excluding hydrogens is 389 g/mol. The van der Waals surface area contributed by atoms with Crippen molar-refractivity contribution in [2.75, 3.05) is 11.6 Å². The molecule has 154 valence electrons. The van der Waals surface area contributed by atoms with Crippen LogP contribution >= 0.6 is 0 Å². The van der Waals surface area contributed by atoms with E-state index in [2.05, 4.69) is 0 Å². The predicted octanol–water partition coefficient (Wildman–Crippen LogP) is 6.46. The van der Waals surface area contributed by atoms with Crippen molar-refractivity contribution in [1.29, 1.82) is 0 Å². The lowest BCUT2D eigenvalue weighted by atomic mass is 9.94. The van der Waals surface area contributed by atoms with E-state index in [4.69, 9.17) is 9.84 Å². The largest absolute Gasteiger partial charge is 0.494 e. The first-order chi connectivity index (χ1) is 14.5. The van der Waals surface area contributed by atoms with Gasteiger partial charge in [0.1, 0.15) is 5.75 Å². The number of hydrogen-bond donors (Lipinski definition) is 0. The van der Waals surface area contributed by atoms with Crippen molar-refractivity contribution < 1.29 is 17.9 Å². The number of hydrogen-bond acceptors (Lipinski definition) is 3. The number of benzene rings is 3. The number of halogens is 3. The lowest BCUT2D eigenvalue weighted by Gasteiger charge is -2.26. The van der Waals surface area contributed by atoms with Gasteiger partial charge in [0.15, 0.2) is 0 Å². The van der Waals surface area contributed by atoms with Crippen LogP contribution in [0.25, 0.3) is 0 Å². The van der Waals surface area contributed by atoms with E-state index in [9.17, 15) is 13.2 Å². The third-order valence-corrected chi connectivity index (χ3v) is 5.05. The molecule has 6 heteroatoms. The number of rotatable bonds is 5. The maximum Gasteiger partial charge on any atom is 0.416 e. The first-order valence-electron chi connectivity index (χ1n) is 9.78. The average molecular weight is 410 g/mol. The molecule has 0 saturated heterocycles. The van der Waals surface area contributed by atoms with Crippen LogP contribution in [0.1, 0.15) is 36.1 Å². The van der Waals surface area contributed by atoms with Gasteiger partial charge in [0.25, 0.3) is 0 Å². The van der Waals surface area contributed by atoms with Gasteiger partial charge in [-0.2, -0.15) is 18.3 Å². The monoisotopic (exact) mass is 410 g/mol. The second-order valence-corrected chi connectivity index (χ2v) is 6.99. The number of anilines is 1. The van der Waals surface area contributed by atoms with Gasteiger partial charge in [0.05, 0.1) is 29.6 Å². The molecule has 0 N–H and O–H groups in total. The molecule has 0 spiro atoms. The van der Waals surface area contributed by atoms with Crippen LogP contribution in [0.5, 0.6) is 5.75 Å². The third-order valence-electron chi connectivity index (χ3n) is 5.05. The second-order valence-electron chi connectivity index (χ2n) is 6.99. The lowest BCUT2D eigenvalue weighted by molar-refractivity contribution is -0.138. The minimum Gasteiger partial charge on any atom is -0.494 e. The fourth-order valence-electron chi connectivity index (χ4n) is 3.70. The normalized spacial score (nSPS) is 16.5. The molecule has 0 unspecified atom stereocenters. The maximum atomic E-state index is 13.7. The quantitative estimate of drug-likeness (QED) is 0.482. The molecule has 0 aromatic heterocycles. The molecular formula is C24H21F3N2O. The van der Waals surface area contributed by atoms with Crippen molar-refractivity contribution in [2.24, 2.45) is 5.10 Å². The van der Waals surface area contributed by atoms with Crippen LogP contribution in [-0.2, 0) is 6.18 Å². The Morgan fingerprint density at radius 1 is 0.933 bits per heavy atom. The van der Waals surface area contributed by atoms with Crippen molar-refractivity contribution in [3.63, 3.8) is 0 Å². The van der Waals surface area contributed by atoms with E-state index in [0.717, 1.165) is 28.8 Å². The standard InChI is InChI=1S/C24H21F3N2O/c1-2-30-19-14-12-17(13-15-19)22-16-23(29(28-22)18-8-4-3-5-9-18)20-10-6-7-11-21(20)24(25,26)27/h3-15,23H,2,16H2,1H3/t23-/m0/s1. The second kappa shape index (κ2) is 8.22. The Balaban J connectivity index is 1.75. The topological polar surface area (TPSA) is 24.8 Å². The van der Waals surface area contributed by atoms with E-state index in [1.807, 2.05) is 61.5 Å². The molecule has 0 bridgehead atoms. The predicted molar refractivity (Wildman–Crippen MR) is 112 cm³/mol. The van der Waals surface area contributed by atoms with Gasteiger partial charge in [-0.3, -0.25) is 5.01 Å². The molecule has 0 amide bonds. The Morgan fingerprint density at radius 3 is 2.27 bits per heavy atom. The summed E-state index contributed by atoms with van der Waals surface area (Å²) in [6, 6.07) is 22.0. The van der Waals surface area contributed by atoms with Crippen molar-refractivity contribution in [2.45, 2.75) is 25.6 Å². The van der Waals surface area contributed by atoms with Gasteiger partial charge >= 0.3 is 6.18 Å². The van der Waals surface area contributed by atoms with Crippen molar-refractivity contribution in [3.05, 3.63) is 95.6 Å². The summed E-state index contributed by atoms with van der Waals surface area (Å²) in [7, 11) is 0. The van der Waals surface area contributed by atoms with E-state index < -0.39 is 17.8 Å². The Labute approximate surface area is 173 Å². The van der Waals surface area contributed by atoms with Crippen molar-refractivity contribution in [3.8, 4) is 5.75 Å². The van der Waals surface area contributed by atoms with Crippen LogP contribution in [0, 0.1) is 0 Å². The number of hydrazone groups is 1. The summed E-state index contributed by atoms with van der Waals surface area (Å²) >= 11 is 0. The first-order valence-corrected chi connectivity index (χ1v) is 9.78. The van der Waals surface area contributed by atoms with Crippen LogP contribution in [0.15, 0.2) is 84.0 Å². The molecule has 3 nitrogen and oxygen atoms in total. The summed E-state index contributed by atoms with van der Waals surface area (Å²) in [5, 5.41) is 6.42.